The maximum atomic E-state index is 8.82. The first-order valence-corrected chi connectivity index (χ1v) is 8.80. The van der Waals surface area contributed by atoms with Crippen molar-refractivity contribution in [2.45, 2.75) is 38.3 Å². The maximum Gasteiger partial charge on any atom is 0.270 e. The van der Waals surface area contributed by atoms with Gasteiger partial charge >= 0.3 is 0 Å². The van der Waals surface area contributed by atoms with Gasteiger partial charge in [-0.15, -0.1) is 20.4 Å². The fourth-order valence-electron chi connectivity index (χ4n) is 3.06. The van der Waals surface area contributed by atoms with Crippen molar-refractivity contribution in [1.82, 2.24) is 30.4 Å². The van der Waals surface area contributed by atoms with Gasteiger partial charge in [-0.1, -0.05) is 0 Å². The third-order valence-electron chi connectivity index (χ3n) is 4.38. The molecule has 2 unspecified atom stereocenters. The van der Waals surface area contributed by atoms with Crippen LogP contribution in [0.1, 0.15) is 30.8 Å². The summed E-state index contributed by atoms with van der Waals surface area (Å²) in [6.07, 6.45) is 5.64. The molecule has 1 aliphatic carbocycles. The van der Waals surface area contributed by atoms with E-state index in [0.29, 0.717) is 34.8 Å². The molecule has 1 saturated carbocycles. The van der Waals surface area contributed by atoms with Gasteiger partial charge in [-0.2, -0.15) is 5.26 Å². The second kappa shape index (κ2) is 7.53. The van der Waals surface area contributed by atoms with E-state index in [9.17, 15) is 0 Å². The van der Waals surface area contributed by atoms with Crippen LogP contribution in [-0.2, 0) is 0 Å². The van der Waals surface area contributed by atoms with Gasteiger partial charge in [0.05, 0.1) is 18.1 Å². The van der Waals surface area contributed by atoms with Crippen molar-refractivity contribution in [2.75, 3.05) is 10.6 Å². The third-order valence-corrected chi connectivity index (χ3v) is 4.38. The quantitative estimate of drug-likeness (QED) is 0.589. The molecular formula is C17H18N10O. The van der Waals surface area contributed by atoms with E-state index in [1.54, 1.807) is 13.0 Å². The number of aryl methyl sites for hydroxylation is 1. The highest BCUT2D eigenvalue weighted by Gasteiger charge is 2.24. The molecule has 0 aliphatic heterocycles. The van der Waals surface area contributed by atoms with Gasteiger partial charge in [0.25, 0.3) is 5.89 Å². The predicted octanol–water partition coefficient (Wildman–Crippen LogP) is 1.53. The highest BCUT2D eigenvalue weighted by atomic mass is 16.4. The molecule has 0 radical (unpaired) electrons. The second-order valence-electron chi connectivity index (χ2n) is 6.56. The number of rotatable bonds is 5. The molecule has 3 aromatic rings. The van der Waals surface area contributed by atoms with E-state index in [1.165, 1.54) is 12.4 Å². The second-order valence-corrected chi connectivity index (χ2v) is 6.56. The Balaban J connectivity index is 1.62. The van der Waals surface area contributed by atoms with Gasteiger partial charge in [0, 0.05) is 25.1 Å². The lowest BCUT2D eigenvalue weighted by Crippen LogP contribution is -2.21. The minimum absolute atomic E-state index is 0.188. The summed E-state index contributed by atoms with van der Waals surface area (Å²) in [7, 11) is 0. The molecule has 0 saturated heterocycles. The zero-order valence-corrected chi connectivity index (χ0v) is 15.1. The zero-order valence-electron chi connectivity index (χ0n) is 15.1. The van der Waals surface area contributed by atoms with Crippen LogP contribution in [-0.4, -0.2) is 42.4 Å². The van der Waals surface area contributed by atoms with Crippen LogP contribution in [0.2, 0.25) is 0 Å². The van der Waals surface area contributed by atoms with E-state index in [2.05, 4.69) is 41.0 Å². The van der Waals surface area contributed by atoms with Crippen LogP contribution >= 0.6 is 0 Å². The molecule has 4 N–H and O–H groups in total. The van der Waals surface area contributed by atoms with E-state index in [-0.39, 0.29) is 17.8 Å². The molecular weight excluding hydrogens is 360 g/mol. The SMILES string of the molecule is Cc1nnc(-c2nnc(Nc3cnc(C#N)cn3)cc2NC2CCC(N)C2)o1. The van der Waals surface area contributed by atoms with Gasteiger partial charge in [-0.3, -0.25) is 0 Å². The minimum Gasteiger partial charge on any atom is -0.419 e. The highest BCUT2D eigenvalue weighted by molar-refractivity contribution is 5.72. The lowest BCUT2D eigenvalue weighted by molar-refractivity contribution is 0.530. The number of hydrogen-bond acceptors (Lipinski definition) is 11. The Bertz CT molecular complexity index is 1010. The van der Waals surface area contributed by atoms with Gasteiger partial charge in [0.2, 0.25) is 5.89 Å². The zero-order chi connectivity index (χ0) is 19.5. The molecule has 3 heterocycles. The number of hydrogen-bond donors (Lipinski definition) is 3. The summed E-state index contributed by atoms with van der Waals surface area (Å²) in [5, 5.41) is 31.6. The van der Waals surface area contributed by atoms with Crippen LogP contribution in [0.15, 0.2) is 22.9 Å². The summed E-state index contributed by atoms with van der Waals surface area (Å²) in [5.41, 5.74) is 7.44. The lowest BCUT2D eigenvalue weighted by Gasteiger charge is -2.16. The Kier molecular flexibility index (Phi) is 4.77. The number of aromatic nitrogens is 6. The molecule has 28 heavy (non-hydrogen) atoms. The molecule has 0 amide bonds. The lowest BCUT2D eigenvalue weighted by atomic mass is 10.2. The predicted molar refractivity (Wildman–Crippen MR) is 99.3 cm³/mol. The number of nitrogens with two attached hydrogens (primary N) is 1. The van der Waals surface area contributed by atoms with Crippen LogP contribution in [0.5, 0.6) is 0 Å². The summed E-state index contributed by atoms with van der Waals surface area (Å²) in [4.78, 5) is 8.11. The van der Waals surface area contributed by atoms with Gasteiger partial charge in [-0.05, 0) is 19.3 Å². The fraction of sp³-hybridized carbons (Fsp3) is 0.353. The van der Waals surface area contributed by atoms with Crippen molar-refractivity contribution >= 4 is 17.3 Å². The number of nitriles is 1. The first kappa shape index (κ1) is 17.7. The Labute approximate surface area is 160 Å². The van der Waals surface area contributed by atoms with Gasteiger partial charge in [-0.25, -0.2) is 9.97 Å². The van der Waals surface area contributed by atoms with Crippen LogP contribution in [0.3, 0.4) is 0 Å². The molecule has 142 valence electrons. The van der Waals surface area contributed by atoms with E-state index in [4.69, 9.17) is 15.4 Å². The number of nitrogens with zero attached hydrogens (tertiary/aromatic N) is 7. The highest BCUT2D eigenvalue weighted by Crippen LogP contribution is 2.30. The molecule has 3 aromatic heterocycles. The van der Waals surface area contributed by atoms with E-state index >= 15 is 0 Å². The summed E-state index contributed by atoms with van der Waals surface area (Å²) in [6.45, 7) is 1.71. The Hall–Kier alpha value is -3.65. The Morgan fingerprint density at radius 2 is 2.04 bits per heavy atom. The summed E-state index contributed by atoms with van der Waals surface area (Å²) in [5.74, 6) is 1.65. The molecule has 0 spiro atoms. The van der Waals surface area contributed by atoms with Crippen LogP contribution in [0.4, 0.5) is 17.3 Å². The molecule has 11 nitrogen and oxygen atoms in total. The maximum absolute atomic E-state index is 8.82. The molecule has 2 atom stereocenters. The third kappa shape index (κ3) is 3.86. The van der Waals surface area contributed by atoms with Crippen LogP contribution < -0.4 is 16.4 Å². The van der Waals surface area contributed by atoms with Crippen molar-refractivity contribution < 1.29 is 4.42 Å². The summed E-state index contributed by atoms with van der Waals surface area (Å²) in [6, 6.07) is 4.14. The standard InChI is InChI=1S/C17H18N10O/c1-9-24-27-17(28-9)16-13(22-11-3-2-10(19)4-11)5-14(25-26-16)23-15-8-20-12(6-18)7-21-15/h5,7-8,10-11H,2-4,19H2,1H3,(H2,21,22,23,25). The summed E-state index contributed by atoms with van der Waals surface area (Å²) >= 11 is 0. The van der Waals surface area contributed by atoms with E-state index in [0.717, 1.165) is 19.3 Å². The molecule has 1 fully saturated rings. The average Bonchev–Trinajstić information content (AvgIpc) is 3.31. The molecule has 4 rings (SSSR count). The van der Waals surface area contributed by atoms with Gasteiger partial charge in [0.1, 0.15) is 11.9 Å². The van der Waals surface area contributed by atoms with Crippen molar-refractivity contribution in [3.8, 4) is 17.7 Å². The first-order valence-electron chi connectivity index (χ1n) is 8.80. The van der Waals surface area contributed by atoms with Crippen molar-refractivity contribution in [2.24, 2.45) is 5.73 Å². The summed E-state index contributed by atoms with van der Waals surface area (Å²) < 4.78 is 5.52. The first-order chi connectivity index (χ1) is 13.6. The molecule has 1 aliphatic rings. The van der Waals surface area contributed by atoms with Crippen LogP contribution in [0.25, 0.3) is 11.6 Å². The minimum atomic E-state index is 0.188. The fourth-order valence-corrected chi connectivity index (χ4v) is 3.06. The van der Waals surface area contributed by atoms with Crippen LogP contribution in [0, 0.1) is 18.3 Å². The normalized spacial score (nSPS) is 18.6. The largest absolute Gasteiger partial charge is 0.419 e. The monoisotopic (exact) mass is 378 g/mol. The molecule has 0 bridgehead atoms. The van der Waals surface area contributed by atoms with E-state index < -0.39 is 0 Å². The Morgan fingerprint density at radius 3 is 2.68 bits per heavy atom. The van der Waals surface area contributed by atoms with Crippen molar-refractivity contribution in [3.63, 3.8) is 0 Å². The molecule has 0 aromatic carbocycles. The molecule has 11 heteroatoms. The van der Waals surface area contributed by atoms with Gasteiger partial charge < -0.3 is 20.8 Å². The number of anilines is 3. The number of nitrogens with one attached hydrogen (secondary N) is 2. The van der Waals surface area contributed by atoms with E-state index in [1.807, 2.05) is 6.07 Å². The van der Waals surface area contributed by atoms with Crippen molar-refractivity contribution in [3.05, 3.63) is 30.0 Å². The average molecular weight is 378 g/mol. The smallest absolute Gasteiger partial charge is 0.270 e. The Morgan fingerprint density at radius 1 is 1.14 bits per heavy atom. The van der Waals surface area contributed by atoms with Crippen molar-refractivity contribution in [1.29, 1.82) is 5.26 Å². The topological polar surface area (TPSA) is 164 Å². The van der Waals surface area contributed by atoms with Gasteiger partial charge in [0.15, 0.2) is 17.2 Å².